The molecule has 0 aliphatic carbocycles. The molecule has 0 radical (unpaired) electrons. The van der Waals surface area contributed by atoms with Crippen LogP contribution in [-0.2, 0) is 20.8 Å². The number of hydrogen-bond acceptors (Lipinski definition) is 9. The molecule has 1 aromatic heterocycles. The van der Waals surface area contributed by atoms with Gasteiger partial charge in [-0.3, -0.25) is 4.79 Å². The summed E-state index contributed by atoms with van der Waals surface area (Å²) in [6.45, 7) is 9.59. The van der Waals surface area contributed by atoms with E-state index in [1.807, 2.05) is 30.9 Å². The average molecular weight is 705 g/mol. The third kappa shape index (κ3) is 6.35. The summed E-state index contributed by atoms with van der Waals surface area (Å²) in [4.78, 5) is 24.9. The number of nitrogens with one attached hydrogen (secondary N) is 3. The Bertz CT molecular complexity index is 1570. The molecular formula is C30H37IN6O4S. The molecule has 3 N–H and O–H groups in total. The van der Waals surface area contributed by atoms with E-state index in [1.54, 1.807) is 44.3 Å². The fourth-order valence-electron chi connectivity index (χ4n) is 5.20. The monoisotopic (exact) mass is 704 g/mol. The molecule has 10 nitrogen and oxygen atoms in total. The highest BCUT2D eigenvalue weighted by Gasteiger charge is 2.34. The van der Waals surface area contributed by atoms with Gasteiger partial charge in [0.2, 0.25) is 5.95 Å². The molecule has 2 aliphatic heterocycles. The molecule has 0 saturated carbocycles. The molecule has 1 atom stereocenters. The Morgan fingerprint density at radius 2 is 1.93 bits per heavy atom. The van der Waals surface area contributed by atoms with E-state index in [-0.39, 0.29) is 22.9 Å². The third-order valence-corrected chi connectivity index (χ3v) is 10.5. The number of carbonyl (C=O) groups is 1. The molecule has 12 heteroatoms. The second-order valence-electron chi connectivity index (χ2n) is 11.1. The molecule has 2 aromatic carbocycles. The predicted octanol–water partition coefficient (Wildman–Crippen LogP) is 5.58. The van der Waals surface area contributed by atoms with Gasteiger partial charge < -0.3 is 25.6 Å². The Morgan fingerprint density at radius 1 is 1.14 bits per heavy atom. The number of para-hydroxylation sites is 1. The summed E-state index contributed by atoms with van der Waals surface area (Å²) in [6, 6.07) is 10.8. The van der Waals surface area contributed by atoms with Crippen molar-refractivity contribution in [2.45, 2.75) is 73.8 Å². The van der Waals surface area contributed by atoms with Crippen LogP contribution < -0.4 is 20.7 Å². The number of amides is 1. The van der Waals surface area contributed by atoms with Crippen molar-refractivity contribution in [2.75, 3.05) is 23.7 Å². The molecule has 3 aromatic rings. The van der Waals surface area contributed by atoms with Gasteiger partial charge in [-0.25, -0.2) is 13.4 Å². The number of rotatable bonds is 10. The number of piperidine rings is 1. The lowest BCUT2D eigenvalue weighted by atomic mass is 10.1. The lowest BCUT2D eigenvalue weighted by molar-refractivity contribution is 0.0674. The molecule has 3 heterocycles. The standard InChI is InChI=1S/C30H37IN6O4S/c1-18(2)41-26-12-20-17-37(22-8-7-11-32-16-22)29(38)23(20)13-25(26)35-30-33-15-21(14-31)28(36-30)34-24-9-5-6-10-27(24)42(39,40)19(3)4/h5-6,9-10,12-13,15,18-19,22,32H,7-8,11,14,16-17H2,1-4H3,(H2,33,34,35,36)/t22-/m0/s1. The topological polar surface area (TPSA) is 126 Å². The molecule has 0 spiro atoms. The van der Waals surface area contributed by atoms with Crippen molar-refractivity contribution in [3.05, 3.63) is 59.3 Å². The van der Waals surface area contributed by atoms with Crippen LogP contribution in [0.2, 0.25) is 0 Å². The van der Waals surface area contributed by atoms with Gasteiger partial charge in [-0.1, -0.05) is 34.7 Å². The lowest BCUT2D eigenvalue weighted by Crippen LogP contribution is -2.46. The second-order valence-corrected chi connectivity index (χ2v) is 14.4. The number of hydrogen-bond donors (Lipinski definition) is 3. The van der Waals surface area contributed by atoms with Gasteiger partial charge in [0.25, 0.3) is 5.91 Å². The highest BCUT2D eigenvalue weighted by atomic mass is 127. The van der Waals surface area contributed by atoms with Crippen LogP contribution in [0.5, 0.6) is 5.75 Å². The molecule has 1 saturated heterocycles. The van der Waals surface area contributed by atoms with E-state index in [2.05, 4.69) is 43.5 Å². The third-order valence-electron chi connectivity index (χ3n) is 7.43. The zero-order valence-corrected chi connectivity index (χ0v) is 27.3. The van der Waals surface area contributed by atoms with Crippen LogP contribution >= 0.6 is 22.6 Å². The van der Waals surface area contributed by atoms with Crippen molar-refractivity contribution < 1.29 is 17.9 Å². The minimum absolute atomic E-state index is 0.0179. The van der Waals surface area contributed by atoms with Crippen LogP contribution in [0.3, 0.4) is 0 Å². The van der Waals surface area contributed by atoms with Crippen molar-refractivity contribution in [1.29, 1.82) is 0 Å². The van der Waals surface area contributed by atoms with Crippen molar-refractivity contribution in [3.8, 4) is 5.75 Å². The Hall–Kier alpha value is -2.97. The van der Waals surface area contributed by atoms with Gasteiger partial charge in [0.15, 0.2) is 9.84 Å². The van der Waals surface area contributed by atoms with Crippen LogP contribution in [0.15, 0.2) is 47.5 Å². The number of ether oxygens (including phenoxy) is 1. The predicted molar refractivity (Wildman–Crippen MR) is 173 cm³/mol. The van der Waals surface area contributed by atoms with Crippen LogP contribution in [0.25, 0.3) is 0 Å². The Balaban J connectivity index is 1.47. The molecule has 2 aliphatic rings. The molecule has 1 amide bonds. The fraction of sp³-hybridized carbons (Fsp3) is 0.433. The maximum atomic E-state index is 13.5. The smallest absolute Gasteiger partial charge is 0.254 e. The largest absolute Gasteiger partial charge is 0.489 e. The van der Waals surface area contributed by atoms with E-state index in [0.29, 0.717) is 45.4 Å². The van der Waals surface area contributed by atoms with Gasteiger partial charge in [0.1, 0.15) is 11.6 Å². The summed E-state index contributed by atoms with van der Waals surface area (Å²) in [6.07, 6.45) is 3.66. The highest BCUT2D eigenvalue weighted by molar-refractivity contribution is 14.1. The number of carbonyl (C=O) groups excluding carboxylic acids is 1. The SMILES string of the molecule is CC(C)Oc1cc2c(cc1Nc1ncc(CI)c(Nc3ccccc3S(=O)(=O)C(C)C)n1)C(=O)N([C@H]1CCCNC1)C2. The first-order chi connectivity index (χ1) is 20.1. The molecule has 42 heavy (non-hydrogen) atoms. The summed E-state index contributed by atoms with van der Waals surface area (Å²) >= 11 is 2.23. The van der Waals surface area contributed by atoms with E-state index in [1.165, 1.54) is 0 Å². The fourth-order valence-corrected chi connectivity index (χ4v) is 6.96. The van der Waals surface area contributed by atoms with Gasteiger partial charge in [-0.15, -0.1) is 0 Å². The second kappa shape index (κ2) is 12.7. The maximum absolute atomic E-state index is 13.5. The molecule has 0 bridgehead atoms. The average Bonchev–Trinajstić information content (AvgIpc) is 3.28. The van der Waals surface area contributed by atoms with Gasteiger partial charge in [0, 0.05) is 40.9 Å². The molecule has 0 unspecified atom stereocenters. The minimum Gasteiger partial charge on any atom is -0.489 e. The molecule has 1 fully saturated rings. The Morgan fingerprint density at radius 3 is 2.62 bits per heavy atom. The number of nitrogens with zero attached hydrogens (tertiary/aromatic N) is 3. The van der Waals surface area contributed by atoms with Crippen molar-refractivity contribution in [3.63, 3.8) is 0 Å². The number of fused-ring (bicyclic) bond motifs is 1. The van der Waals surface area contributed by atoms with E-state index >= 15 is 0 Å². The summed E-state index contributed by atoms with van der Waals surface area (Å²) in [5, 5.41) is 9.35. The normalized spacial score (nSPS) is 17.1. The first-order valence-electron chi connectivity index (χ1n) is 14.2. The van der Waals surface area contributed by atoms with E-state index in [9.17, 15) is 13.2 Å². The summed E-state index contributed by atoms with van der Waals surface area (Å²) in [5.74, 6) is 1.42. The summed E-state index contributed by atoms with van der Waals surface area (Å²) < 4.78 is 32.9. The van der Waals surface area contributed by atoms with Crippen molar-refractivity contribution >= 4 is 61.5 Å². The first-order valence-corrected chi connectivity index (χ1v) is 17.3. The van der Waals surface area contributed by atoms with Crippen LogP contribution in [-0.4, -0.2) is 59.7 Å². The molecular weight excluding hydrogens is 667 g/mol. The number of alkyl halides is 1. The van der Waals surface area contributed by atoms with Crippen molar-refractivity contribution in [2.24, 2.45) is 0 Å². The van der Waals surface area contributed by atoms with E-state index < -0.39 is 15.1 Å². The first kappa shape index (κ1) is 30.5. The molecule has 224 valence electrons. The number of aromatic nitrogens is 2. The minimum atomic E-state index is -3.53. The van der Waals surface area contributed by atoms with Crippen LogP contribution in [0, 0.1) is 0 Å². The summed E-state index contributed by atoms with van der Waals surface area (Å²) in [5.41, 5.74) is 3.45. The van der Waals surface area contributed by atoms with E-state index in [0.717, 1.165) is 37.1 Å². The van der Waals surface area contributed by atoms with Crippen LogP contribution in [0.1, 0.15) is 62.0 Å². The van der Waals surface area contributed by atoms with Gasteiger partial charge in [0.05, 0.1) is 27.6 Å². The number of halogens is 1. The Kier molecular flexibility index (Phi) is 9.23. The number of benzene rings is 2. The number of sulfone groups is 1. The van der Waals surface area contributed by atoms with Gasteiger partial charge in [-0.05, 0) is 76.9 Å². The number of anilines is 4. The highest BCUT2D eigenvalue weighted by Crippen LogP contribution is 2.37. The van der Waals surface area contributed by atoms with Crippen LogP contribution in [0.4, 0.5) is 23.1 Å². The van der Waals surface area contributed by atoms with E-state index in [4.69, 9.17) is 9.72 Å². The lowest BCUT2D eigenvalue weighted by Gasteiger charge is -2.31. The summed E-state index contributed by atoms with van der Waals surface area (Å²) in [7, 11) is -3.53. The van der Waals surface area contributed by atoms with Gasteiger partial charge in [-0.2, -0.15) is 4.98 Å². The zero-order chi connectivity index (χ0) is 30.0. The Labute approximate surface area is 261 Å². The quantitative estimate of drug-likeness (QED) is 0.183. The molecule has 5 rings (SSSR count). The zero-order valence-electron chi connectivity index (χ0n) is 24.3. The maximum Gasteiger partial charge on any atom is 0.254 e. The van der Waals surface area contributed by atoms with Crippen molar-refractivity contribution in [1.82, 2.24) is 20.2 Å². The van der Waals surface area contributed by atoms with Gasteiger partial charge >= 0.3 is 0 Å².